The van der Waals surface area contributed by atoms with Gasteiger partial charge in [0.15, 0.2) is 5.78 Å². The number of Topliss-reactive ketones (excluding diaryl/α,β-unsaturated/α-hetero) is 1. The molecule has 1 atom stereocenters. The molecule has 1 aromatic heterocycles. The number of benzene rings is 1. The Morgan fingerprint density at radius 3 is 2.76 bits per heavy atom. The fraction of sp³-hybridized carbons (Fsp3) is 0.294. The number of carbonyl (C=O) groups is 1. The van der Waals surface area contributed by atoms with Crippen molar-refractivity contribution in [2.75, 3.05) is 6.61 Å². The number of rotatable bonds is 7. The van der Waals surface area contributed by atoms with Gasteiger partial charge in [-0.2, -0.15) is 0 Å². The molecule has 0 amide bonds. The van der Waals surface area contributed by atoms with Crippen molar-refractivity contribution in [2.24, 2.45) is 0 Å². The van der Waals surface area contributed by atoms with E-state index >= 15 is 0 Å². The molecule has 21 heavy (non-hydrogen) atoms. The summed E-state index contributed by atoms with van der Waals surface area (Å²) in [5, 5.41) is 0.561. The molecule has 1 aromatic carbocycles. The Morgan fingerprint density at radius 2 is 2.05 bits per heavy atom. The second kappa shape index (κ2) is 7.91. The van der Waals surface area contributed by atoms with Gasteiger partial charge in [-0.15, -0.1) is 0 Å². The van der Waals surface area contributed by atoms with Crippen LogP contribution in [0.2, 0.25) is 5.02 Å². The predicted molar refractivity (Wildman–Crippen MR) is 83.8 cm³/mol. The normalized spacial score (nSPS) is 12.1. The van der Waals surface area contributed by atoms with Gasteiger partial charge in [-0.05, 0) is 49.6 Å². The zero-order valence-electron chi connectivity index (χ0n) is 12.0. The molecule has 110 valence electrons. The van der Waals surface area contributed by atoms with E-state index in [0.29, 0.717) is 17.2 Å². The van der Waals surface area contributed by atoms with Crippen molar-refractivity contribution >= 4 is 17.4 Å². The van der Waals surface area contributed by atoms with Gasteiger partial charge in [0.1, 0.15) is 6.10 Å². The van der Waals surface area contributed by atoms with Gasteiger partial charge in [-0.3, -0.25) is 9.78 Å². The zero-order chi connectivity index (χ0) is 15.1. The quantitative estimate of drug-likeness (QED) is 0.574. The number of aryl methyl sites for hydroxylation is 1. The molecule has 0 N–H and O–H groups in total. The summed E-state index contributed by atoms with van der Waals surface area (Å²) in [6.45, 7) is 2.32. The lowest BCUT2D eigenvalue weighted by Gasteiger charge is -2.12. The highest BCUT2D eigenvalue weighted by Gasteiger charge is 2.15. The van der Waals surface area contributed by atoms with Gasteiger partial charge in [0.05, 0.1) is 0 Å². The molecule has 0 saturated heterocycles. The van der Waals surface area contributed by atoms with Crippen molar-refractivity contribution in [3.8, 4) is 0 Å². The maximum atomic E-state index is 12.2. The molecule has 0 aliphatic carbocycles. The topological polar surface area (TPSA) is 39.2 Å². The number of hydrogen-bond donors (Lipinski definition) is 0. The van der Waals surface area contributed by atoms with Gasteiger partial charge in [0, 0.05) is 29.6 Å². The number of pyridine rings is 1. The molecule has 0 aliphatic rings. The van der Waals surface area contributed by atoms with Gasteiger partial charge in [0.25, 0.3) is 0 Å². The van der Waals surface area contributed by atoms with E-state index in [2.05, 4.69) is 4.98 Å². The van der Waals surface area contributed by atoms with E-state index in [0.717, 1.165) is 12.8 Å². The van der Waals surface area contributed by atoms with Crippen molar-refractivity contribution in [1.82, 2.24) is 4.98 Å². The smallest absolute Gasteiger partial charge is 0.191 e. The van der Waals surface area contributed by atoms with Gasteiger partial charge < -0.3 is 4.74 Å². The van der Waals surface area contributed by atoms with E-state index in [9.17, 15) is 4.79 Å². The van der Waals surface area contributed by atoms with Crippen LogP contribution in [0.3, 0.4) is 0 Å². The largest absolute Gasteiger partial charge is 0.370 e. The molecular formula is C17H18ClNO2. The van der Waals surface area contributed by atoms with E-state index < -0.39 is 6.10 Å². The Labute approximate surface area is 129 Å². The summed E-state index contributed by atoms with van der Waals surface area (Å²) in [5.74, 6) is -0.0404. The molecule has 0 fully saturated rings. The van der Waals surface area contributed by atoms with Gasteiger partial charge >= 0.3 is 0 Å². The third-order valence-corrected chi connectivity index (χ3v) is 3.44. The van der Waals surface area contributed by atoms with Crippen LogP contribution >= 0.6 is 11.6 Å². The summed E-state index contributed by atoms with van der Waals surface area (Å²) < 4.78 is 5.61. The van der Waals surface area contributed by atoms with Gasteiger partial charge in [-0.1, -0.05) is 23.7 Å². The fourth-order valence-corrected chi connectivity index (χ4v) is 2.23. The third kappa shape index (κ3) is 4.96. The van der Waals surface area contributed by atoms with Crippen LogP contribution in [0.15, 0.2) is 48.8 Å². The van der Waals surface area contributed by atoms with Crippen molar-refractivity contribution in [3.63, 3.8) is 0 Å². The van der Waals surface area contributed by atoms with Crippen LogP contribution in [-0.4, -0.2) is 23.5 Å². The SMILES string of the molecule is CC(OCCCc1ccncc1)C(=O)c1cccc(Cl)c1. The van der Waals surface area contributed by atoms with Crippen molar-refractivity contribution in [2.45, 2.75) is 25.9 Å². The van der Waals surface area contributed by atoms with E-state index in [-0.39, 0.29) is 5.78 Å². The summed E-state index contributed by atoms with van der Waals surface area (Å²) in [6, 6.07) is 10.9. The Morgan fingerprint density at radius 1 is 1.29 bits per heavy atom. The molecule has 0 bridgehead atoms. The van der Waals surface area contributed by atoms with E-state index in [1.54, 1.807) is 43.6 Å². The maximum Gasteiger partial charge on any atom is 0.191 e. The standard InChI is InChI=1S/C17H18ClNO2/c1-13(17(20)15-5-2-6-16(18)12-15)21-11-3-4-14-7-9-19-10-8-14/h2,5-10,12-13H,3-4,11H2,1H3. The minimum absolute atomic E-state index is 0.0404. The average Bonchev–Trinajstić information content (AvgIpc) is 2.51. The molecule has 4 heteroatoms. The number of ketones is 1. The molecule has 1 unspecified atom stereocenters. The van der Waals surface area contributed by atoms with E-state index in [1.807, 2.05) is 12.1 Å². The lowest BCUT2D eigenvalue weighted by atomic mass is 10.1. The molecule has 0 radical (unpaired) electrons. The number of halogens is 1. The minimum Gasteiger partial charge on any atom is -0.370 e. The van der Waals surface area contributed by atoms with Crippen LogP contribution in [0.5, 0.6) is 0 Å². The number of hydrogen-bond acceptors (Lipinski definition) is 3. The summed E-state index contributed by atoms with van der Waals surface area (Å²) >= 11 is 5.89. The van der Waals surface area contributed by atoms with Gasteiger partial charge in [0.2, 0.25) is 0 Å². The van der Waals surface area contributed by atoms with Crippen molar-refractivity contribution < 1.29 is 9.53 Å². The minimum atomic E-state index is -0.457. The van der Waals surface area contributed by atoms with E-state index in [1.165, 1.54) is 5.56 Å². The van der Waals surface area contributed by atoms with Crippen LogP contribution in [-0.2, 0) is 11.2 Å². The molecular weight excluding hydrogens is 286 g/mol. The first-order valence-electron chi connectivity index (χ1n) is 6.97. The Kier molecular flexibility index (Phi) is 5.90. The number of aromatic nitrogens is 1. The number of carbonyl (C=O) groups excluding carboxylic acids is 1. The van der Waals surface area contributed by atoms with Crippen LogP contribution in [0.1, 0.15) is 29.3 Å². The highest BCUT2D eigenvalue weighted by atomic mass is 35.5. The summed E-state index contributed by atoms with van der Waals surface area (Å²) in [6.07, 6.45) is 4.89. The van der Waals surface area contributed by atoms with Crippen LogP contribution in [0.4, 0.5) is 0 Å². The highest BCUT2D eigenvalue weighted by Crippen LogP contribution is 2.13. The Hall–Kier alpha value is -1.71. The van der Waals surface area contributed by atoms with Gasteiger partial charge in [-0.25, -0.2) is 0 Å². The fourth-order valence-electron chi connectivity index (χ4n) is 2.04. The Bertz CT molecular complexity index is 586. The molecule has 3 nitrogen and oxygen atoms in total. The first kappa shape index (κ1) is 15.7. The van der Waals surface area contributed by atoms with Crippen LogP contribution in [0, 0.1) is 0 Å². The average molecular weight is 304 g/mol. The molecule has 0 spiro atoms. The van der Waals surface area contributed by atoms with Crippen molar-refractivity contribution in [3.05, 3.63) is 64.9 Å². The predicted octanol–water partition coefficient (Wildman–Crippen LogP) is 3.96. The zero-order valence-corrected chi connectivity index (χ0v) is 12.7. The summed E-state index contributed by atoms with van der Waals surface area (Å²) in [7, 11) is 0. The van der Waals surface area contributed by atoms with Crippen molar-refractivity contribution in [1.29, 1.82) is 0 Å². The second-order valence-corrected chi connectivity index (χ2v) is 5.28. The first-order valence-corrected chi connectivity index (χ1v) is 7.35. The molecule has 2 aromatic rings. The first-order chi connectivity index (χ1) is 10.2. The van der Waals surface area contributed by atoms with E-state index in [4.69, 9.17) is 16.3 Å². The lowest BCUT2D eigenvalue weighted by Crippen LogP contribution is -2.21. The monoisotopic (exact) mass is 303 g/mol. The lowest BCUT2D eigenvalue weighted by molar-refractivity contribution is 0.0470. The molecule has 2 rings (SSSR count). The Balaban J connectivity index is 1.76. The molecule has 0 saturated carbocycles. The van der Waals surface area contributed by atoms with Crippen LogP contribution in [0.25, 0.3) is 0 Å². The highest BCUT2D eigenvalue weighted by molar-refractivity contribution is 6.31. The number of ether oxygens (including phenoxy) is 1. The third-order valence-electron chi connectivity index (χ3n) is 3.21. The summed E-state index contributed by atoms with van der Waals surface area (Å²) in [5.41, 5.74) is 1.81. The molecule has 0 aliphatic heterocycles. The van der Waals surface area contributed by atoms with Crippen LogP contribution < -0.4 is 0 Å². The maximum absolute atomic E-state index is 12.2. The summed E-state index contributed by atoms with van der Waals surface area (Å²) in [4.78, 5) is 16.1. The number of nitrogens with zero attached hydrogens (tertiary/aromatic N) is 1. The molecule has 1 heterocycles. The second-order valence-electron chi connectivity index (χ2n) is 4.85.